The Balaban J connectivity index is 0. The first-order valence-electron chi connectivity index (χ1n) is 6.62. The minimum absolute atomic E-state index is 1.18. The molecule has 0 aliphatic rings. The van der Waals surface area contributed by atoms with E-state index in [4.69, 9.17) is 17.5 Å². The van der Waals surface area contributed by atoms with E-state index in [1.165, 1.54) is 68.8 Å². The molecule has 0 saturated carbocycles. The molecule has 0 aliphatic heterocycles. The van der Waals surface area contributed by atoms with Crippen LogP contribution in [0.5, 0.6) is 0 Å². The first-order chi connectivity index (χ1) is 8.41. The molecule has 116 valence electrons. The van der Waals surface area contributed by atoms with Crippen molar-refractivity contribution >= 4 is 10.4 Å². The van der Waals surface area contributed by atoms with Gasteiger partial charge in [-0.1, -0.05) is 0 Å². The standard InChI is InChI=1S/C12H25.Ag.H2O4S/c1-3-5-7-9-11-12-10-8-6-4-2;;1-5(2,3)4/h1,3-12H2,2H3;;(H2,1,2,3,4). The van der Waals surface area contributed by atoms with E-state index in [1.54, 1.807) is 0 Å². The van der Waals surface area contributed by atoms with Gasteiger partial charge in [-0.05, 0) is 0 Å². The van der Waals surface area contributed by atoms with Crippen LogP contribution >= 0.6 is 0 Å². The fourth-order valence-corrected chi connectivity index (χ4v) is 1.93. The zero-order valence-corrected chi connectivity index (χ0v) is 13.5. The molecule has 0 atom stereocenters. The van der Waals surface area contributed by atoms with Gasteiger partial charge in [0.2, 0.25) is 0 Å². The van der Waals surface area contributed by atoms with Gasteiger partial charge in [0.25, 0.3) is 0 Å². The molecule has 0 aromatic carbocycles. The second-order valence-corrected chi connectivity index (χ2v) is 5.92. The van der Waals surface area contributed by atoms with E-state index >= 15 is 0 Å². The van der Waals surface area contributed by atoms with Crippen molar-refractivity contribution in [2.45, 2.75) is 75.8 Å². The van der Waals surface area contributed by atoms with Crippen LogP contribution in [0.3, 0.4) is 0 Å². The second-order valence-electron chi connectivity index (χ2n) is 4.28. The van der Waals surface area contributed by atoms with Crippen LogP contribution in [0.2, 0.25) is 4.64 Å². The van der Waals surface area contributed by atoms with Crippen LogP contribution < -0.4 is 0 Å². The molecule has 0 heterocycles. The summed E-state index contributed by atoms with van der Waals surface area (Å²) in [5.41, 5.74) is 0. The molecule has 4 nitrogen and oxygen atoms in total. The molecule has 0 aliphatic carbocycles. The van der Waals surface area contributed by atoms with Gasteiger partial charge in [0, 0.05) is 0 Å². The maximum Gasteiger partial charge on any atom is 0.394 e. The van der Waals surface area contributed by atoms with Crippen molar-refractivity contribution in [2.75, 3.05) is 0 Å². The fourth-order valence-electron chi connectivity index (χ4n) is 1.56. The van der Waals surface area contributed by atoms with Crippen molar-refractivity contribution in [3.05, 3.63) is 0 Å². The van der Waals surface area contributed by atoms with Gasteiger partial charge >= 0.3 is 107 Å². The summed E-state index contributed by atoms with van der Waals surface area (Å²) in [4.78, 5) is 0. The minimum atomic E-state index is -4.67. The van der Waals surface area contributed by atoms with Crippen LogP contribution in [0.15, 0.2) is 0 Å². The average Bonchev–Trinajstić information content (AvgIpc) is 2.25. The van der Waals surface area contributed by atoms with Gasteiger partial charge in [-0.25, -0.2) is 0 Å². The first-order valence-corrected chi connectivity index (χ1v) is 9.06. The molecule has 18 heavy (non-hydrogen) atoms. The Morgan fingerprint density at radius 1 is 0.778 bits per heavy atom. The van der Waals surface area contributed by atoms with E-state index in [2.05, 4.69) is 28.0 Å². The average molecular weight is 375 g/mol. The van der Waals surface area contributed by atoms with E-state index in [0.29, 0.717) is 0 Å². The van der Waals surface area contributed by atoms with E-state index in [-0.39, 0.29) is 0 Å². The van der Waals surface area contributed by atoms with E-state index < -0.39 is 10.4 Å². The Kier molecular flexibility index (Phi) is 18.2. The monoisotopic (exact) mass is 374 g/mol. The van der Waals surface area contributed by atoms with Crippen LogP contribution in [0.1, 0.15) is 71.1 Å². The second kappa shape index (κ2) is 15.7. The SMILES string of the molecule is CCCCCCCCCCC[CH2][Ag].O=S(=O)(O)O. The van der Waals surface area contributed by atoms with Gasteiger partial charge in [-0.2, -0.15) is 8.42 Å². The van der Waals surface area contributed by atoms with Crippen molar-refractivity contribution in [3.8, 4) is 0 Å². The Labute approximate surface area is 124 Å². The molecule has 0 radical (unpaired) electrons. The molecule has 0 rings (SSSR count). The Morgan fingerprint density at radius 2 is 1.06 bits per heavy atom. The maximum atomic E-state index is 8.74. The van der Waals surface area contributed by atoms with Gasteiger partial charge < -0.3 is 0 Å². The zero-order valence-electron chi connectivity index (χ0n) is 11.2. The van der Waals surface area contributed by atoms with E-state index in [9.17, 15) is 0 Å². The smallest absolute Gasteiger partial charge is 0.264 e. The molecule has 0 amide bonds. The molecule has 0 aromatic heterocycles. The van der Waals surface area contributed by atoms with E-state index in [0.717, 1.165) is 0 Å². The summed E-state index contributed by atoms with van der Waals surface area (Å²) in [6, 6.07) is 0. The van der Waals surface area contributed by atoms with Gasteiger partial charge in [-0.3, -0.25) is 9.11 Å². The first kappa shape index (κ1) is 20.9. The van der Waals surface area contributed by atoms with Gasteiger partial charge in [0.15, 0.2) is 0 Å². The summed E-state index contributed by atoms with van der Waals surface area (Å²) in [5.74, 6) is 0. The molecular formula is C12H27AgO4S. The number of unbranched alkanes of at least 4 members (excludes halogenated alkanes) is 9. The summed E-state index contributed by atoms with van der Waals surface area (Å²) >= 11 is 3.48. The summed E-state index contributed by atoms with van der Waals surface area (Å²) in [7, 11) is -4.67. The Bertz CT molecular complexity index is 224. The fraction of sp³-hybridized carbons (Fsp3) is 1.00. The Morgan fingerprint density at radius 3 is 1.33 bits per heavy atom. The quantitative estimate of drug-likeness (QED) is 0.341. The third-order valence-electron chi connectivity index (χ3n) is 2.46. The topological polar surface area (TPSA) is 74.6 Å². The number of rotatable bonds is 10. The van der Waals surface area contributed by atoms with Crippen LogP contribution in [-0.2, 0) is 31.5 Å². The third kappa shape index (κ3) is 36.0. The van der Waals surface area contributed by atoms with E-state index in [1.807, 2.05) is 0 Å². The predicted molar refractivity (Wildman–Crippen MR) is 70.8 cm³/mol. The molecular weight excluding hydrogens is 348 g/mol. The third-order valence-corrected chi connectivity index (χ3v) is 2.98. The van der Waals surface area contributed by atoms with Gasteiger partial charge in [0.05, 0.1) is 0 Å². The van der Waals surface area contributed by atoms with Gasteiger partial charge in [0.1, 0.15) is 0 Å². The largest absolute Gasteiger partial charge is 0.394 e. The maximum absolute atomic E-state index is 8.74. The minimum Gasteiger partial charge on any atom is -0.264 e. The van der Waals surface area contributed by atoms with Crippen LogP contribution in [0, 0.1) is 0 Å². The van der Waals surface area contributed by atoms with Crippen molar-refractivity contribution in [2.24, 2.45) is 0 Å². The van der Waals surface area contributed by atoms with Crippen molar-refractivity contribution < 1.29 is 38.6 Å². The normalized spacial score (nSPS) is 10.9. The van der Waals surface area contributed by atoms with Crippen molar-refractivity contribution in [3.63, 3.8) is 0 Å². The van der Waals surface area contributed by atoms with Crippen LogP contribution in [0.25, 0.3) is 0 Å². The van der Waals surface area contributed by atoms with Crippen molar-refractivity contribution in [1.29, 1.82) is 0 Å². The molecule has 0 bridgehead atoms. The summed E-state index contributed by atoms with van der Waals surface area (Å²) in [6.07, 6.45) is 14.3. The molecule has 0 saturated heterocycles. The van der Waals surface area contributed by atoms with Crippen LogP contribution in [0.4, 0.5) is 0 Å². The van der Waals surface area contributed by atoms with Gasteiger partial charge in [-0.15, -0.1) is 0 Å². The summed E-state index contributed by atoms with van der Waals surface area (Å²) in [5, 5.41) is 0. The number of hydrogen-bond acceptors (Lipinski definition) is 2. The molecule has 0 fully saturated rings. The van der Waals surface area contributed by atoms with Crippen LogP contribution in [-0.4, -0.2) is 17.5 Å². The summed E-state index contributed by atoms with van der Waals surface area (Å²) in [6.45, 7) is 2.28. The molecule has 2 N–H and O–H groups in total. The zero-order chi connectivity index (χ0) is 14.3. The molecule has 0 spiro atoms. The molecule has 6 heteroatoms. The summed E-state index contributed by atoms with van der Waals surface area (Å²) < 4.78 is 32.8. The predicted octanol–water partition coefficient (Wildman–Crippen LogP) is 4.22. The van der Waals surface area contributed by atoms with Crippen molar-refractivity contribution in [1.82, 2.24) is 0 Å². The Hall–Kier alpha value is 0.610. The molecule has 0 unspecified atom stereocenters. The molecule has 0 aromatic rings. The number of hydrogen-bond donors (Lipinski definition) is 2.